The average Bonchev–Trinajstić information content (AvgIpc) is 3.02. The Morgan fingerprint density at radius 3 is 2.12 bits per heavy atom. The fraction of sp³-hybridized carbons (Fsp3) is 0.789. The van der Waals surface area contributed by atoms with E-state index >= 15 is 0 Å². The molecule has 0 aromatic rings. The van der Waals surface area contributed by atoms with Gasteiger partial charge in [0, 0.05) is 6.08 Å². The van der Waals surface area contributed by atoms with Crippen LogP contribution < -0.4 is 4.72 Å². The number of imide groups is 1. The molecule has 0 saturated carbocycles. The van der Waals surface area contributed by atoms with E-state index in [0.29, 0.717) is 0 Å². The maximum atomic E-state index is 14.0. The van der Waals surface area contributed by atoms with Gasteiger partial charge >= 0.3 is 0 Å². The molecule has 1 aliphatic heterocycles. The molecule has 0 aromatic carbocycles. The molecule has 3 unspecified atom stereocenters. The molecule has 1 rings (SSSR count). The smallest absolute Gasteiger partial charge is 0.257 e. The lowest BCUT2D eigenvalue weighted by Gasteiger charge is -2.41. The van der Waals surface area contributed by atoms with Crippen LogP contribution in [0.3, 0.4) is 0 Å². The fourth-order valence-corrected chi connectivity index (χ4v) is 5.48. The normalized spacial score (nSPS) is 20.4. The number of alkyl halides is 6. The third kappa shape index (κ3) is 8.74. The number of hydrogen-bond donors (Lipinski definition) is 1. The number of nitrogens with one attached hydrogen (secondary N) is 1. The predicted molar refractivity (Wildman–Crippen MR) is 135 cm³/mol. The Kier molecular flexibility index (Phi) is 11.4. The summed E-state index contributed by atoms with van der Waals surface area (Å²) in [4.78, 5) is 27.8. The molecule has 2 amide bonds. The van der Waals surface area contributed by atoms with Crippen molar-refractivity contribution in [2.45, 2.75) is 72.0 Å². The van der Waals surface area contributed by atoms with Crippen LogP contribution in [0.15, 0.2) is 11.8 Å². The van der Waals surface area contributed by atoms with Gasteiger partial charge in [0.05, 0.1) is 18.9 Å². The number of hydrogen-bond acceptors (Lipinski definition) is 5. The van der Waals surface area contributed by atoms with Crippen LogP contribution in [0.4, 0.5) is 0 Å². The molecule has 0 saturated heterocycles. The van der Waals surface area contributed by atoms with Crippen molar-refractivity contribution in [1.29, 1.82) is 0 Å². The first-order chi connectivity index (χ1) is 14.9. The van der Waals surface area contributed by atoms with E-state index in [1.54, 1.807) is 13.8 Å². The average molecular weight is 609 g/mol. The SMILES string of the molecule is CCC(NS(=O)(=O)CC)(C(=O)N1C(=O)C=C(OC)C1CCC(Cl)(Cl)Cl)C(C)CCC(Cl)(Cl)Cl. The first-order valence-electron chi connectivity index (χ1n) is 10.2. The summed E-state index contributed by atoms with van der Waals surface area (Å²) in [6, 6.07) is -0.872. The molecule has 7 nitrogen and oxygen atoms in total. The maximum Gasteiger partial charge on any atom is 0.257 e. The van der Waals surface area contributed by atoms with Crippen LogP contribution in [0.25, 0.3) is 0 Å². The third-order valence-corrected chi connectivity index (χ3v) is 8.23. The topological polar surface area (TPSA) is 92.8 Å². The van der Waals surface area contributed by atoms with Crippen molar-refractivity contribution < 1.29 is 22.7 Å². The molecule has 1 N–H and O–H groups in total. The highest BCUT2D eigenvalue weighted by Crippen LogP contribution is 2.39. The summed E-state index contributed by atoms with van der Waals surface area (Å²) in [5.41, 5.74) is -1.68. The zero-order chi connectivity index (χ0) is 25.8. The lowest BCUT2D eigenvalue weighted by molar-refractivity contribution is -0.149. The van der Waals surface area contributed by atoms with E-state index in [1.165, 1.54) is 20.1 Å². The van der Waals surface area contributed by atoms with Crippen LogP contribution in [-0.4, -0.2) is 57.2 Å². The Morgan fingerprint density at radius 2 is 1.70 bits per heavy atom. The number of amides is 2. The standard InChI is InChI=1S/C19H28Cl6N2O5S/c1-5-17(26-33(30,31)6-2,12(3)7-9-18(20,21)22)16(29)27-13(8-10-19(23,24)25)14(32-4)11-15(27)28/h11-13,26H,5-10H2,1-4H3. The second kappa shape index (κ2) is 12.0. The number of ether oxygens (including phenoxy) is 1. The summed E-state index contributed by atoms with van der Waals surface area (Å²) in [5.74, 6) is -2.11. The minimum atomic E-state index is -3.87. The van der Waals surface area contributed by atoms with Gasteiger partial charge in [0.2, 0.25) is 10.0 Å². The van der Waals surface area contributed by atoms with Crippen molar-refractivity contribution in [3.05, 3.63) is 11.8 Å². The number of sulfonamides is 1. The van der Waals surface area contributed by atoms with Gasteiger partial charge in [-0.25, -0.2) is 8.42 Å². The third-order valence-electron chi connectivity index (χ3n) is 5.66. The monoisotopic (exact) mass is 606 g/mol. The second-order valence-electron chi connectivity index (χ2n) is 7.82. The van der Waals surface area contributed by atoms with Crippen LogP contribution in [-0.2, 0) is 24.3 Å². The van der Waals surface area contributed by atoms with Crippen LogP contribution in [0.5, 0.6) is 0 Å². The van der Waals surface area contributed by atoms with Crippen LogP contribution >= 0.6 is 69.6 Å². The number of carbonyl (C=O) groups excluding carboxylic acids is 2. The van der Waals surface area contributed by atoms with Gasteiger partial charge in [-0.15, -0.1) is 0 Å². The summed E-state index contributed by atoms with van der Waals surface area (Å²) >= 11 is 35.3. The lowest BCUT2D eigenvalue weighted by atomic mass is 9.79. The van der Waals surface area contributed by atoms with Crippen molar-refractivity contribution in [3.8, 4) is 0 Å². The summed E-state index contributed by atoms with van der Waals surface area (Å²) in [7, 11) is -2.52. The summed E-state index contributed by atoms with van der Waals surface area (Å²) in [5, 5.41) is 0. The van der Waals surface area contributed by atoms with Gasteiger partial charge in [-0.05, 0) is 44.9 Å². The summed E-state index contributed by atoms with van der Waals surface area (Å²) in [6.07, 6.45) is 1.57. The first kappa shape index (κ1) is 31.4. The Balaban J connectivity index is 3.48. The van der Waals surface area contributed by atoms with E-state index in [2.05, 4.69) is 4.72 Å². The van der Waals surface area contributed by atoms with Gasteiger partial charge in [-0.2, -0.15) is 4.72 Å². The molecule has 1 heterocycles. The molecular weight excluding hydrogens is 581 g/mol. The highest BCUT2D eigenvalue weighted by molar-refractivity contribution is 7.89. The lowest BCUT2D eigenvalue weighted by Crippen LogP contribution is -2.64. The van der Waals surface area contributed by atoms with Gasteiger partial charge in [0.1, 0.15) is 11.3 Å². The largest absolute Gasteiger partial charge is 0.499 e. The molecule has 3 atom stereocenters. The molecule has 192 valence electrons. The van der Waals surface area contributed by atoms with E-state index < -0.39 is 46.9 Å². The van der Waals surface area contributed by atoms with Gasteiger partial charge < -0.3 is 4.74 Å². The zero-order valence-electron chi connectivity index (χ0n) is 18.6. The molecule has 0 bridgehead atoms. The molecule has 0 aromatic heterocycles. The fourth-order valence-electron chi connectivity index (χ4n) is 3.69. The summed E-state index contributed by atoms with van der Waals surface area (Å²) < 4.78 is 29.8. The minimum Gasteiger partial charge on any atom is -0.499 e. The molecule has 1 aliphatic rings. The van der Waals surface area contributed by atoms with Crippen LogP contribution in [0, 0.1) is 5.92 Å². The van der Waals surface area contributed by atoms with Gasteiger partial charge in [0.25, 0.3) is 11.8 Å². The van der Waals surface area contributed by atoms with Crippen molar-refractivity contribution >= 4 is 91.4 Å². The predicted octanol–water partition coefficient (Wildman–Crippen LogP) is 5.28. The van der Waals surface area contributed by atoms with E-state index in [9.17, 15) is 18.0 Å². The molecule has 0 aliphatic carbocycles. The number of methoxy groups -OCH3 is 1. The van der Waals surface area contributed by atoms with Gasteiger partial charge in [-0.1, -0.05) is 83.5 Å². The van der Waals surface area contributed by atoms with Gasteiger partial charge in [-0.3, -0.25) is 14.5 Å². The second-order valence-corrected chi connectivity index (χ2v) is 14.9. The quantitative estimate of drug-likeness (QED) is 0.322. The molecule has 33 heavy (non-hydrogen) atoms. The van der Waals surface area contributed by atoms with Crippen molar-refractivity contribution in [2.75, 3.05) is 12.9 Å². The highest BCUT2D eigenvalue weighted by Gasteiger charge is 2.52. The molecule has 0 fully saturated rings. The molecular formula is C19H28Cl6N2O5S. The van der Waals surface area contributed by atoms with Crippen LogP contribution in [0.2, 0.25) is 0 Å². The Morgan fingerprint density at radius 1 is 1.15 bits per heavy atom. The van der Waals surface area contributed by atoms with Crippen molar-refractivity contribution in [3.63, 3.8) is 0 Å². The number of carbonyl (C=O) groups is 2. The first-order valence-corrected chi connectivity index (χ1v) is 14.1. The Labute approximate surface area is 225 Å². The number of rotatable bonds is 11. The molecule has 0 spiro atoms. The van der Waals surface area contributed by atoms with E-state index in [1.807, 2.05) is 0 Å². The molecule has 0 radical (unpaired) electrons. The minimum absolute atomic E-state index is 0.0166. The summed E-state index contributed by atoms with van der Waals surface area (Å²) in [6.45, 7) is 4.75. The number of nitrogens with zero attached hydrogens (tertiary/aromatic N) is 1. The van der Waals surface area contributed by atoms with Gasteiger partial charge in [0.15, 0.2) is 7.59 Å². The van der Waals surface area contributed by atoms with Crippen LogP contribution in [0.1, 0.15) is 52.9 Å². The Bertz CT molecular complexity index is 856. The Hall–Kier alpha value is 0.330. The van der Waals surface area contributed by atoms with E-state index in [4.69, 9.17) is 74.3 Å². The highest BCUT2D eigenvalue weighted by atomic mass is 35.6. The van der Waals surface area contributed by atoms with E-state index in [0.717, 1.165) is 4.90 Å². The molecule has 14 heteroatoms. The zero-order valence-corrected chi connectivity index (χ0v) is 24.0. The van der Waals surface area contributed by atoms with Crippen molar-refractivity contribution in [2.24, 2.45) is 5.92 Å². The van der Waals surface area contributed by atoms with E-state index in [-0.39, 0.29) is 43.6 Å². The maximum absolute atomic E-state index is 14.0. The van der Waals surface area contributed by atoms with Crippen molar-refractivity contribution in [1.82, 2.24) is 9.62 Å². The number of halogens is 6.